The lowest BCUT2D eigenvalue weighted by molar-refractivity contribution is 0.0706. The fourth-order valence-corrected chi connectivity index (χ4v) is 3.04. The third kappa shape index (κ3) is 3.48. The fourth-order valence-electron chi connectivity index (χ4n) is 3.04. The molecule has 0 atom stereocenters. The maximum atomic E-state index is 12.5. The number of likely N-dealkylation sites (tertiary alicyclic amines) is 1. The van der Waals surface area contributed by atoms with Crippen LogP contribution in [0.25, 0.3) is 0 Å². The maximum absolute atomic E-state index is 12.5. The summed E-state index contributed by atoms with van der Waals surface area (Å²) in [5, 5.41) is 7.82. The van der Waals surface area contributed by atoms with Gasteiger partial charge in [0.2, 0.25) is 5.88 Å². The fraction of sp³-hybridized carbons (Fsp3) is 0.389. The predicted octanol–water partition coefficient (Wildman–Crippen LogP) is 2.23. The molecule has 1 aliphatic heterocycles. The Morgan fingerprint density at radius 3 is 2.42 bits per heavy atom. The zero-order valence-electron chi connectivity index (χ0n) is 14.1. The van der Waals surface area contributed by atoms with Gasteiger partial charge in [0.15, 0.2) is 5.69 Å². The van der Waals surface area contributed by atoms with Crippen LogP contribution in [0.5, 0.6) is 5.88 Å². The number of para-hydroxylation sites is 1. The Labute approximate surface area is 142 Å². The van der Waals surface area contributed by atoms with E-state index in [0.29, 0.717) is 17.6 Å². The molecule has 0 spiro atoms. The van der Waals surface area contributed by atoms with E-state index in [0.717, 1.165) is 25.9 Å². The summed E-state index contributed by atoms with van der Waals surface area (Å²) in [6.45, 7) is 1.46. The molecule has 0 radical (unpaired) electrons. The number of rotatable bonds is 4. The lowest BCUT2D eigenvalue weighted by Gasteiger charge is -2.37. The van der Waals surface area contributed by atoms with Crippen LogP contribution in [0, 0.1) is 0 Å². The molecule has 0 unspecified atom stereocenters. The molecular formula is C18H22N4O2. The van der Waals surface area contributed by atoms with Crippen LogP contribution in [0.3, 0.4) is 0 Å². The molecule has 2 heterocycles. The highest BCUT2D eigenvalue weighted by molar-refractivity contribution is 5.92. The average Bonchev–Trinajstić information content (AvgIpc) is 2.68. The first-order valence-corrected chi connectivity index (χ1v) is 8.14. The van der Waals surface area contributed by atoms with Gasteiger partial charge in [-0.05, 0) is 31.0 Å². The van der Waals surface area contributed by atoms with Gasteiger partial charge in [-0.15, -0.1) is 10.2 Å². The smallest absolute Gasteiger partial charge is 0.274 e. The normalized spacial score (nSPS) is 15.2. The molecule has 0 aliphatic carbocycles. The third-order valence-corrected chi connectivity index (χ3v) is 4.53. The Bertz CT molecular complexity index is 667. The van der Waals surface area contributed by atoms with Crippen molar-refractivity contribution in [2.75, 3.05) is 32.1 Å². The Balaban J connectivity index is 1.59. The average molecular weight is 326 g/mol. The molecule has 1 amide bonds. The van der Waals surface area contributed by atoms with Crippen molar-refractivity contribution >= 4 is 11.6 Å². The molecule has 3 rings (SSSR count). The summed E-state index contributed by atoms with van der Waals surface area (Å²) in [5.74, 6) is 0.348. The van der Waals surface area contributed by atoms with Gasteiger partial charge in [-0.1, -0.05) is 18.2 Å². The Hall–Kier alpha value is -2.63. The number of ether oxygens (including phenoxy) is 1. The molecule has 1 saturated heterocycles. The number of methoxy groups -OCH3 is 1. The van der Waals surface area contributed by atoms with Gasteiger partial charge in [0, 0.05) is 37.9 Å². The van der Waals surface area contributed by atoms with Crippen molar-refractivity contribution in [1.29, 1.82) is 0 Å². The van der Waals surface area contributed by atoms with Crippen molar-refractivity contribution < 1.29 is 9.53 Å². The van der Waals surface area contributed by atoms with Crippen LogP contribution < -0.4 is 9.64 Å². The van der Waals surface area contributed by atoms with E-state index >= 15 is 0 Å². The summed E-state index contributed by atoms with van der Waals surface area (Å²) in [7, 11) is 3.64. The number of hydrogen-bond acceptors (Lipinski definition) is 5. The van der Waals surface area contributed by atoms with Crippen molar-refractivity contribution in [1.82, 2.24) is 15.1 Å². The van der Waals surface area contributed by atoms with Gasteiger partial charge < -0.3 is 14.5 Å². The number of benzene rings is 1. The first-order valence-electron chi connectivity index (χ1n) is 8.14. The third-order valence-electron chi connectivity index (χ3n) is 4.53. The first kappa shape index (κ1) is 16.2. The second kappa shape index (κ2) is 7.29. The van der Waals surface area contributed by atoms with Crippen LogP contribution in [-0.2, 0) is 0 Å². The molecule has 6 heteroatoms. The van der Waals surface area contributed by atoms with Gasteiger partial charge in [0.05, 0.1) is 7.11 Å². The molecular weight excluding hydrogens is 304 g/mol. The quantitative estimate of drug-likeness (QED) is 0.862. The molecule has 0 saturated carbocycles. The van der Waals surface area contributed by atoms with Crippen molar-refractivity contribution in [3.8, 4) is 5.88 Å². The zero-order chi connectivity index (χ0) is 16.9. The maximum Gasteiger partial charge on any atom is 0.274 e. The van der Waals surface area contributed by atoms with Gasteiger partial charge in [-0.2, -0.15) is 0 Å². The summed E-state index contributed by atoms with van der Waals surface area (Å²) in [5.41, 5.74) is 1.58. The number of carbonyl (C=O) groups excluding carboxylic acids is 1. The number of hydrogen-bond donors (Lipinski definition) is 0. The van der Waals surface area contributed by atoms with E-state index in [9.17, 15) is 4.79 Å². The summed E-state index contributed by atoms with van der Waals surface area (Å²) in [4.78, 5) is 16.7. The topological polar surface area (TPSA) is 58.6 Å². The number of anilines is 1. The number of nitrogens with zero attached hydrogens (tertiary/aromatic N) is 4. The molecule has 1 aromatic carbocycles. The minimum absolute atomic E-state index is 0.0639. The number of aromatic nitrogens is 2. The Morgan fingerprint density at radius 2 is 1.83 bits per heavy atom. The van der Waals surface area contributed by atoms with Gasteiger partial charge in [0.25, 0.3) is 5.91 Å². The largest absolute Gasteiger partial charge is 0.480 e. The van der Waals surface area contributed by atoms with Crippen LogP contribution in [0.15, 0.2) is 42.5 Å². The Morgan fingerprint density at radius 1 is 1.12 bits per heavy atom. The highest BCUT2D eigenvalue weighted by atomic mass is 16.5. The molecule has 126 valence electrons. The van der Waals surface area contributed by atoms with E-state index in [1.807, 2.05) is 23.1 Å². The van der Waals surface area contributed by atoms with E-state index in [1.54, 1.807) is 12.1 Å². The zero-order valence-corrected chi connectivity index (χ0v) is 14.1. The highest BCUT2D eigenvalue weighted by Gasteiger charge is 2.26. The van der Waals surface area contributed by atoms with Gasteiger partial charge >= 0.3 is 0 Å². The van der Waals surface area contributed by atoms with Crippen LogP contribution in [0.2, 0.25) is 0 Å². The summed E-state index contributed by atoms with van der Waals surface area (Å²) < 4.78 is 4.97. The van der Waals surface area contributed by atoms with Gasteiger partial charge in [0.1, 0.15) is 0 Å². The first-order chi connectivity index (χ1) is 11.7. The van der Waals surface area contributed by atoms with Crippen molar-refractivity contribution in [2.24, 2.45) is 0 Å². The minimum atomic E-state index is -0.0639. The highest BCUT2D eigenvalue weighted by Crippen LogP contribution is 2.22. The van der Waals surface area contributed by atoms with Crippen LogP contribution in [0.1, 0.15) is 23.3 Å². The molecule has 1 aliphatic rings. The van der Waals surface area contributed by atoms with Crippen molar-refractivity contribution in [3.63, 3.8) is 0 Å². The van der Waals surface area contributed by atoms with Gasteiger partial charge in [-0.25, -0.2) is 0 Å². The lowest BCUT2D eigenvalue weighted by Crippen LogP contribution is -2.45. The standard InChI is InChI=1S/C18H22N4O2/c1-21(14-6-4-3-5-7-14)15-10-12-22(13-11-15)18(23)16-8-9-17(24-2)20-19-16/h3-9,15H,10-13H2,1-2H3. The predicted molar refractivity (Wildman–Crippen MR) is 92.4 cm³/mol. The number of amides is 1. The van der Waals surface area contributed by atoms with E-state index < -0.39 is 0 Å². The van der Waals surface area contributed by atoms with Crippen LogP contribution >= 0.6 is 0 Å². The van der Waals surface area contributed by atoms with E-state index in [1.165, 1.54) is 12.8 Å². The van der Waals surface area contributed by atoms with Gasteiger partial charge in [-0.3, -0.25) is 4.79 Å². The Kier molecular flexibility index (Phi) is 4.93. The van der Waals surface area contributed by atoms with E-state index in [2.05, 4.69) is 34.3 Å². The number of piperidine rings is 1. The lowest BCUT2D eigenvalue weighted by atomic mass is 10.0. The van der Waals surface area contributed by atoms with Crippen LogP contribution in [-0.4, -0.2) is 54.3 Å². The summed E-state index contributed by atoms with van der Waals surface area (Å²) in [6, 6.07) is 14.1. The molecule has 24 heavy (non-hydrogen) atoms. The second-order valence-electron chi connectivity index (χ2n) is 5.93. The summed E-state index contributed by atoms with van der Waals surface area (Å²) in [6.07, 6.45) is 1.89. The monoisotopic (exact) mass is 326 g/mol. The molecule has 1 fully saturated rings. The van der Waals surface area contributed by atoms with Crippen LogP contribution in [0.4, 0.5) is 5.69 Å². The second-order valence-corrected chi connectivity index (χ2v) is 5.93. The summed E-state index contributed by atoms with van der Waals surface area (Å²) >= 11 is 0. The van der Waals surface area contributed by atoms with Crippen molar-refractivity contribution in [2.45, 2.75) is 18.9 Å². The number of carbonyl (C=O) groups is 1. The van der Waals surface area contributed by atoms with Crippen molar-refractivity contribution in [3.05, 3.63) is 48.2 Å². The molecule has 0 bridgehead atoms. The van der Waals surface area contributed by atoms with E-state index in [4.69, 9.17) is 4.74 Å². The van der Waals surface area contributed by atoms with E-state index in [-0.39, 0.29) is 5.91 Å². The molecule has 6 nitrogen and oxygen atoms in total. The molecule has 0 N–H and O–H groups in total. The molecule has 2 aromatic rings. The molecule has 1 aromatic heterocycles. The SMILES string of the molecule is COc1ccc(C(=O)N2CCC(N(C)c3ccccc3)CC2)nn1. The minimum Gasteiger partial charge on any atom is -0.480 e.